The van der Waals surface area contributed by atoms with Gasteiger partial charge in [-0.1, -0.05) is 6.07 Å². The highest BCUT2D eigenvalue weighted by Gasteiger charge is 2.30. The molecule has 1 amide bonds. The van der Waals surface area contributed by atoms with Crippen molar-refractivity contribution >= 4 is 11.6 Å². The lowest BCUT2D eigenvalue weighted by Crippen LogP contribution is -2.52. The van der Waals surface area contributed by atoms with Crippen LogP contribution in [0.2, 0.25) is 0 Å². The van der Waals surface area contributed by atoms with Crippen molar-refractivity contribution in [1.82, 2.24) is 14.3 Å². The number of carbonyl (C=O) groups is 1. The van der Waals surface area contributed by atoms with Gasteiger partial charge in [-0.25, -0.2) is 4.98 Å². The summed E-state index contributed by atoms with van der Waals surface area (Å²) in [6, 6.07) is 5.61. The van der Waals surface area contributed by atoms with Gasteiger partial charge in [0, 0.05) is 18.9 Å². The van der Waals surface area contributed by atoms with Crippen LogP contribution in [-0.4, -0.2) is 57.2 Å². The number of aromatic nitrogens is 2. The molecule has 6 heteroatoms. The number of fused-ring (bicyclic) bond motifs is 1. The van der Waals surface area contributed by atoms with Crippen molar-refractivity contribution in [2.75, 3.05) is 19.8 Å². The third-order valence-corrected chi connectivity index (χ3v) is 3.55. The predicted octanol–water partition coefficient (Wildman–Crippen LogP) is 0.556. The fourth-order valence-corrected chi connectivity index (χ4v) is 2.40. The molecule has 0 spiro atoms. The molecule has 2 unspecified atom stereocenters. The zero-order valence-corrected chi connectivity index (χ0v) is 11.3. The van der Waals surface area contributed by atoms with Crippen molar-refractivity contribution in [3.63, 3.8) is 0 Å². The average molecular weight is 275 g/mol. The minimum Gasteiger partial charge on any atom is -0.394 e. The molecule has 2 aromatic heterocycles. The Labute approximate surface area is 116 Å². The molecule has 1 saturated heterocycles. The number of imidazole rings is 1. The maximum Gasteiger partial charge on any atom is 0.274 e. The van der Waals surface area contributed by atoms with Crippen molar-refractivity contribution < 1.29 is 14.6 Å². The quantitative estimate of drug-likeness (QED) is 0.869. The number of amides is 1. The maximum absolute atomic E-state index is 12.6. The van der Waals surface area contributed by atoms with Gasteiger partial charge in [0.25, 0.3) is 5.91 Å². The van der Waals surface area contributed by atoms with Gasteiger partial charge in [-0.3, -0.25) is 4.79 Å². The van der Waals surface area contributed by atoms with Crippen LogP contribution in [0.5, 0.6) is 0 Å². The monoisotopic (exact) mass is 275 g/mol. The normalized spacial score (nSPS) is 23.2. The molecular weight excluding hydrogens is 258 g/mol. The van der Waals surface area contributed by atoms with Crippen LogP contribution < -0.4 is 0 Å². The van der Waals surface area contributed by atoms with Crippen LogP contribution in [0.15, 0.2) is 30.6 Å². The second-order valence-electron chi connectivity index (χ2n) is 5.04. The van der Waals surface area contributed by atoms with Gasteiger partial charge in [0.1, 0.15) is 11.3 Å². The van der Waals surface area contributed by atoms with Crippen LogP contribution in [-0.2, 0) is 4.74 Å². The van der Waals surface area contributed by atoms with E-state index in [4.69, 9.17) is 4.74 Å². The van der Waals surface area contributed by atoms with Gasteiger partial charge in [0.2, 0.25) is 0 Å². The van der Waals surface area contributed by atoms with E-state index in [9.17, 15) is 9.90 Å². The van der Waals surface area contributed by atoms with E-state index in [1.54, 1.807) is 11.1 Å². The first kappa shape index (κ1) is 13.1. The van der Waals surface area contributed by atoms with Crippen molar-refractivity contribution in [2.45, 2.75) is 19.1 Å². The maximum atomic E-state index is 12.6. The first-order valence-corrected chi connectivity index (χ1v) is 6.66. The van der Waals surface area contributed by atoms with Crippen LogP contribution >= 0.6 is 0 Å². The van der Waals surface area contributed by atoms with Crippen LogP contribution in [0.3, 0.4) is 0 Å². The molecule has 0 saturated carbocycles. The summed E-state index contributed by atoms with van der Waals surface area (Å²) in [5.41, 5.74) is 1.16. The molecule has 1 aliphatic rings. The van der Waals surface area contributed by atoms with Crippen molar-refractivity contribution in [2.24, 2.45) is 0 Å². The van der Waals surface area contributed by atoms with Crippen molar-refractivity contribution in [3.05, 3.63) is 36.3 Å². The molecule has 3 heterocycles. The molecule has 1 N–H and O–H groups in total. The average Bonchev–Trinajstić information content (AvgIpc) is 2.91. The van der Waals surface area contributed by atoms with Crippen molar-refractivity contribution in [1.29, 1.82) is 0 Å². The molecule has 3 rings (SSSR count). The highest BCUT2D eigenvalue weighted by Crippen LogP contribution is 2.15. The van der Waals surface area contributed by atoms with Gasteiger partial charge in [0.05, 0.1) is 25.4 Å². The van der Waals surface area contributed by atoms with E-state index in [0.29, 0.717) is 18.8 Å². The predicted molar refractivity (Wildman–Crippen MR) is 72.5 cm³/mol. The summed E-state index contributed by atoms with van der Waals surface area (Å²) in [6.45, 7) is 2.68. The smallest absolute Gasteiger partial charge is 0.274 e. The topological polar surface area (TPSA) is 67.1 Å². The van der Waals surface area contributed by atoms with E-state index in [1.165, 1.54) is 0 Å². The number of rotatable bonds is 2. The van der Waals surface area contributed by atoms with Crippen LogP contribution in [0.4, 0.5) is 0 Å². The number of carbonyl (C=O) groups excluding carboxylic acids is 1. The van der Waals surface area contributed by atoms with Gasteiger partial charge >= 0.3 is 0 Å². The molecule has 106 valence electrons. The Morgan fingerprint density at radius 1 is 1.55 bits per heavy atom. The molecular formula is C14H17N3O3. The molecule has 0 aromatic carbocycles. The highest BCUT2D eigenvalue weighted by atomic mass is 16.5. The number of hydrogen-bond donors (Lipinski definition) is 1. The Morgan fingerprint density at radius 3 is 3.15 bits per heavy atom. The summed E-state index contributed by atoms with van der Waals surface area (Å²) in [4.78, 5) is 18.6. The van der Waals surface area contributed by atoms with Crippen LogP contribution in [0.1, 0.15) is 17.4 Å². The number of aliphatic hydroxyl groups excluding tert-OH is 1. The summed E-state index contributed by atoms with van der Waals surface area (Å²) >= 11 is 0. The van der Waals surface area contributed by atoms with Gasteiger partial charge in [0.15, 0.2) is 0 Å². The Hall–Kier alpha value is -1.92. The minimum atomic E-state index is -0.313. The van der Waals surface area contributed by atoms with E-state index in [1.807, 2.05) is 35.7 Å². The number of morpholine rings is 1. The zero-order chi connectivity index (χ0) is 14.1. The summed E-state index contributed by atoms with van der Waals surface area (Å²) in [7, 11) is 0. The summed E-state index contributed by atoms with van der Waals surface area (Å²) < 4.78 is 7.27. The molecule has 0 bridgehead atoms. The lowest BCUT2D eigenvalue weighted by Gasteiger charge is -2.37. The standard InChI is InChI=1S/C14H17N3O3/c1-10-9-20-11(8-18)6-17(10)14(19)12-7-16-5-3-2-4-13(16)15-12/h2-5,7,10-11,18H,6,8-9H2,1H3. The molecule has 0 aliphatic carbocycles. The van der Waals surface area contributed by atoms with Gasteiger partial charge < -0.3 is 19.1 Å². The molecule has 6 nitrogen and oxygen atoms in total. The SMILES string of the molecule is CC1COC(CO)CN1C(=O)c1cn2ccccc2n1. The molecule has 20 heavy (non-hydrogen) atoms. The first-order chi connectivity index (χ1) is 9.69. The van der Waals surface area contributed by atoms with Crippen molar-refractivity contribution in [3.8, 4) is 0 Å². The molecule has 1 fully saturated rings. The summed E-state index contributed by atoms with van der Waals surface area (Å²) in [5.74, 6) is -0.122. The fraction of sp³-hybridized carbons (Fsp3) is 0.429. The third-order valence-electron chi connectivity index (χ3n) is 3.55. The Bertz CT molecular complexity index is 592. The largest absolute Gasteiger partial charge is 0.394 e. The Morgan fingerprint density at radius 2 is 2.40 bits per heavy atom. The summed E-state index contributed by atoms with van der Waals surface area (Å²) in [5, 5.41) is 9.18. The van der Waals surface area contributed by atoms with E-state index in [0.717, 1.165) is 5.65 Å². The number of aliphatic hydroxyl groups is 1. The van der Waals surface area contributed by atoms with E-state index < -0.39 is 0 Å². The van der Waals surface area contributed by atoms with Crippen LogP contribution in [0, 0.1) is 0 Å². The Kier molecular flexibility index (Phi) is 3.42. The molecule has 0 radical (unpaired) electrons. The second kappa shape index (κ2) is 5.22. The van der Waals surface area contributed by atoms with Gasteiger partial charge in [-0.15, -0.1) is 0 Å². The number of pyridine rings is 1. The van der Waals surface area contributed by atoms with E-state index in [2.05, 4.69) is 4.98 Å². The number of hydrogen-bond acceptors (Lipinski definition) is 4. The lowest BCUT2D eigenvalue weighted by atomic mass is 10.2. The second-order valence-corrected chi connectivity index (χ2v) is 5.04. The third kappa shape index (κ3) is 2.28. The summed E-state index contributed by atoms with van der Waals surface area (Å²) in [6.07, 6.45) is 3.28. The molecule has 1 aliphatic heterocycles. The minimum absolute atomic E-state index is 0.0184. The zero-order valence-electron chi connectivity index (χ0n) is 11.3. The van der Waals surface area contributed by atoms with Gasteiger partial charge in [-0.05, 0) is 19.1 Å². The Balaban J connectivity index is 1.86. The van der Waals surface area contributed by atoms with Gasteiger partial charge in [-0.2, -0.15) is 0 Å². The first-order valence-electron chi connectivity index (χ1n) is 6.66. The van der Waals surface area contributed by atoms with E-state index >= 15 is 0 Å². The molecule has 2 atom stereocenters. The number of ether oxygens (including phenoxy) is 1. The highest BCUT2D eigenvalue weighted by molar-refractivity contribution is 5.93. The van der Waals surface area contributed by atoms with E-state index in [-0.39, 0.29) is 24.7 Å². The lowest BCUT2D eigenvalue weighted by molar-refractivity contribution is -0.0668. The fourth-order valence-electron chi connectivity index (χ4n) is 2.40. The molecule has 2 aromatic rings. The van der Waals surface area contributed by atoms with Crippen LogP contribution in [0.25, 0.3) is 5.65 Å². The number of nitrogens with zero attached hydrogens (tertiary/aromatic N) is 3.